The van der Waals surface area contributed by atoms with Gasteiger partial charge in [-0.05, 0) is 12.1 Å². The highest BCUT2D eigenvalue weighted by molar-refractivity contribution is 6.81. The van der Waals surface area contributed by atoms with Crippen molar-refractivity contribution in [3.8, 4) is 6.07 Å². The monoisotopic (exact) mass is 284 g/mol. The molecule has 0 aliphatic carbocycles. The molecule has 0 spiro atoms. The van der Waals surface area contributed by atoms with Gasteiger partial charge in [0.05, 0.1) is 31.8 Å². The molecule has 1 aromatic rings. The van der Waals surface area contributed by atoms with Crippen molar-refractivity contribution in [3.05, 3.63) is 46.7 Å². The maximum Gasteiger partial charge on any atom is 0.261 e. The number of benzene rings is 1. The molecular formula is C15H16N2O2Si. The maximum absolute atomic E-state index is 12.2. The third-order valence-electron chi connectivity index (χ3n) is 2.96. The van der Waals surface area contributed by atoms with Gasteiger partial charge in [-0.3, -0.25) is 14.5 Å². The average molecular weight is 284 g/mol. The zero-order valence-corrected chi connectivity index (χ0v) is 12.8. The van der Waals surface area contributed by atoms with Gasteiger partial charge in [-0.2, -0.15) is 5.26 Å². The van der Waals surface area contributed by atoms with Gasteiger partial charge in [0.2, 0.25) is 0 Å². The second-order valence-corrected chi connectivity index (χ2v) is 10.9. The summed E-state index contributed by atoms with van der Waals surface area (Å²) in [6.07, 6.45) is 0. The van der Waals surface area contributed by atoms with Crippen molar-refractivity contribution >= 4 is 19.9 Å². The molecule has 1 heterocycles. The third-order valence-corrected chi connectivity index (χ3v) is 4.17. The van der Waals surface area contributed by atoms with Crippen LogP contribution in [0.3, 0.4) is 0 Å². The van der Waals surface area contributed by atoms with Crippen molar-refractivity contribution < 1.29 is 9.59 Å². The lowest BCUT2D eigenvalue weighted by Gasteiger charge is -2.15. The first-order valence-electron chi connectivity index (χ1n) is 6.40. The summed E-state index contributed by atoms with van der Waals surface area (Å²) in [6, 6.07) is 8.85. The van der Waals surface area contributed by atoms with E-state index in [0.717, 1.165) is 4.90 Å². The Morgan fingerprint density at radius 3 is 2.10 bits per heavy atom. The van der Waals surface area contributed by atoms with E-state index >= 15 is 0 Å². The van der Waals surface area contributed by atoms with Crippen LogP contribution in [0.1, 0.15) is 20.7 Å². The van der Waals surface area contributed by atoms with Gasteiger partial charge >= 0.3 is 0 Å². The van der Waals surface area contributed by atoms with Crippen molar-refractivity contribution in [1.82, 2.24) is 4.90 Å². The molecule has 0 bridgehead atoms. The average Bonchev–Trinajstić information content (AvgIpc) is 2.62. The van der Waals surface area contributed by atoms with E-state index < -0.39 is 8.07 Å². The molecule has 5 heteroatoms. The van der Waals surface area contributed by atoms with Gasteiger partial charge in [0, 0.05) is 5.57 Å². The van der Waals surface area contributed by atoms with Crippen LogP contribution in [0.4, 0.5) is 0 Å². The van der Waals surface area contributed by atoms with Crippen molar-refractivity contribution in [2.24, 2.45) is 0 Å². The summed E-state index contributed by atoms with van der Waals surface area (Å²) >= 11 is 0. The summed E-state index contributed by atoms with van der Waals surface area (Å²) in [7, 11) is -1.57. The van der Waals surface area contributed by atoms with E-state index in [1.165, 1.54) is 0 Å². The largest absolute Gasteiger partial charge is 0.269 e. The standard InChI is InChI=1S/C15H16N2O2Si/c1-20(2,3)10-11(8-16)9-17-14(18)12-6-4-5-7-13(12)15(17)19/h4-7,10H,9H2,1-3H3/b11-10-. The topological polar surface area (TPSA) is 61.2 Å². The minimum atomic E-state index is -1.57. The number of nitriles is 1. The van der Waals surface area contributed by atoms with Crippen molar-refractivity contribution in [1.29, 1.82) is 5.26 Å². The number of amides is 2. The number of carbonyl (C=O) groups excluding carboxylic acids is 2. The van der Waals surface area contributed by atoms with Crippen molar-refractivity contribution in [3.63, 3.8) is 0 Å². The Hall–Kier alpha value is -2.19. The van der Waals surface area contributed by atoms with Crippen molar-refractivity contribution in [2.75, 3.05) is 6.54 Å². The van der Waals surface area contributed by atoms with Crippen LogP contribution in [0.15, 0.2) is 35.5 Å². The lowest BCUT2D eigenvalue weighted by atomic mass is 10.1. The molecule has 0 aromatic heterocycles. The zero-order chi connectivity index (χ0) is 14.9. The lowest BCUT2D eigenvalue weighted by molar-refractivity contribution is 0.0669. The number of carbonyl (C=O) groups is 2. The van der Waals surface area contributed by atoms with Gasteiger partial charge in [0.25, 0.3) is 11.8 Å². The number of hydrogen-bond acceptors (Lipinski definition) is 3. The van der Waals surface area contributed by atoms with Crippen molar-refractivity contribution in [2.45, 2.75) is 19.6 Å². The van der Waals surface area contributed by atoms with E-state index in [9.17, 15) is 14.9 Å². The van der Waals surface area contributed by atoms with E-state index in [1.54, 1.807) is 24.3 Å². The molecule has 0 atom stereocenters. The zero-order valence-electron chi connectivity index (χ0n) is 11.8. The van der Waals surface area contributed by atoms with Gasteiger partial charge in [0.15, 0.2) is 0 Å². The lowest BCUT2D eigenvalue weighted by Crippen LogP contribution is -2.32. The normalized spacial score (nSPS) is 15.3. The van der Waals surface area contributed by atoms with Crippen LogP contribution in [-0.4, -0.2) is 31.3 Å². The van der Waals surface area contributed by atoms with Crippen LogP contribution in [0, 0.1) is 11.3 Å². The highest BCUT2D eigenvalue weighted by Gasteiger charge is 2.35. The minimum Gasteiger partial charge on any atom is -0.269 e. The molecule has 1 aliphatic heterocycles. The Morgan fingerprint density at radius 2 is 1.70 bits per heavy atom. The SMILES string of the molecule is C[Si](C)(C)/C=C(/C#N)CN1C(=O)c2ccccc2C1=O. The fourth-order valence-corrected chi connectivity index (χ4v) is 3.39. The maximum atomic E-state index is 12.2. The molecule has 2 amide bonds. The molecular weight excluding hydrogens is 268 g/mol. The molecule has 0 saturated heterocycles. The number of imide groups is 1. The summed E-state index contributed by atoms with van der Waals surface area (Å²) in [5, 5.41) is 9.19. The van der Waals surface area contributed by atoms with E-state index in [4.69, 9.17) is 0 Å². The van der Waals surface area contributed by atoms with Crippen LogP contribution in [0.5, 0.6) is 0 Å². The summed E-state index contributed by atoms with van der Waals surface area (Å²) in [5.74, 6) is -0.635. The summed E-state index contributed by atoms with van der Waals surface area (Å²) in [6.45, 7) is 6.37. The fourth-order valence-electron chi connectivity index (χ4n) is 2.19. The molecule has 4 nitrogen and oxygen atoms in total. The molecule has 1 aliphatic rings. The molecule has 0 fully saturated rings. The minimum absolute atomic E-state index is 0.0626. The summed E-state index contributed by atoms with van der Waals surface area (Å²) in [4.78, 5) is 25.6. The molecule has 0 radical (unpaired) electrons. The molecule has 0 N–H and O–H groups in total. The van der Waals surface area contributed by atoms with E-state index in [-0.39, 0.29) is 18.4 Å². The highest BCUT2D eigenvalue weighted by atomic mass is 28.3. The molecule has 102 valence electrons. The predicted octanol–water partition coefficient (Wildman–Crippen LogP) is 2.61. The fraction of sp³-hybridized carbons (Fsp3) is 0.267. The quantitative estimate of drug-likeness (QED) is 0.487. The van der Waals surface area contributed by atoms with Gasteiger partial charge in [-0.1, -0.05) is 37.5 Å². The molecule has 2 rings (SSSR count). The first-order chi connectivity index (χ1) is 9.33. The Bertz CT molecular complexity index is 616. The second kappa shape index (κ2) is 5.06. The number of rotatable bonds is 3. The Morgan fingerprint density at radius 1 is 1.20 bits per heavy atom. The smallest absolute Gasteiger partial charge is 0.261 e. The second-order valence-electron chi connectivity index (χ2n) is 5.89. The van der Waals surface area contributed by atoms with Crippen LogP contribution in [0.25, 0.3) is 0 Å². The Labute approximate surface area is 119 Å². The molecule has 1 aromatic carbocycles. The highest BCUT2D eigenvalue weighted by Crippen LogP contribution is 2.23. The Kier molecular flexibility index (Phi) is 3.60. The van der Waals surface area contributed by atoms with Crippen LogP contribution in [0.2, 0.25) is 19.6 Å². The number of hydrogen-bond donors (Lipinski definition) is 0. The molecule has 0 saturated carbocycles. The van der Waals surface area contributed by atoms with Crippen LogP contribution >= 0.6 is 0 Å². The summed E-state index contributed by atoms with van der Waals surface area (Å²) < 4.78 is 0. The van der Waals surface area contributed by atoms with Gasteiger partial charge in [0.1, 0.15) is 0 Å². The number of nitrogens with zero attached hydrogens (tertiary/aromatic N) is 2. The van der Waals surface area contributed by atoms with Crippen LogP contribution < -0.4 is 0 Å². The van der Waals surface area contributed by atoms with Gasteiger partial charge < -0.3 is 0 Å². The first-order valence-corrected chi connectivity index (χ1v) is 9.98. The van der Waals surface area contributed by atoms with E-state index in [0.29, 0.717) is 16.7 Å². The van der Waals surface area contributed by atoms with Gasteiger partial charge in [-0.15, -0.1) is 0 Å². The van der Waals surface area contributed by atoms with E-state index in [2.05, 4.69) is 25.7 Å². The summed E-state index contributed by atoms with van der Waals surface area (Å²) in [5.41, 5.74) is 3.25. The molecule has 20 heavy (non-hydrogen) atoms. The van der Waals surface area contributed by atoms with E-state index in [1.807, 2.05) is 5.70 Å². The Balaban J connectivity index is 2.30. The molecule has 0 unspecified atom stereocenters. The van der Waals surface area contributed by atoms with Crippen LogP contribution in [-0.2, 0) is 0 Å². The first kappa shape index (κ1) is 14.2. The van der Waals surface area contributed by atoms with Gasteiger partial charge in [-0.25, -0.2) is 0 Å². The third kappa shape index (κ3) is 2.70. The number of fused-ring (bicyclic) bond motifs is 1. The predicted molar refractivity (Wildman–Crippen MR) is 78.9 cm³/mol.